The van der Waals surface area contributed by atoms with Gasteiger partial charge in [-0.15, -0.1) is 0 Å². The van der Waals surface area contributed by atoms with E-state index in [-0.39, 0.29) is 41.0 Å². The lowest BCUT2D eigenvalue weighted by molar-refractivity contribution is -0.174. The molecule has 3 rings (SSSR count). The highest BCUT2D eigenvalue weighted by molar-refractivity contribution is 6.74. The average molecular weight is 493 g/mol. The largest absolute Gasteiger partial charge is 0.462 e. The number of aliphatic hydroxyl groups is 1. The van der Waals surface area contributed by atoms with Crippen molar-refractivity contribution < 1.29 is 19.1 Å². The summed E-state index contributed by atoms with van der Waals surface area (Å²) in [6.07, 6.45) is 8.71. The summed E-state index contributed by atoms with van der Waals surface area (Å²) in [4.78, 5) is 13.5. The second-order valence-corrected chi connectivity index (χ2v) is 19.3. The second kappa shape index (κ2) is 9.34. The van der Waals surface area contributed by atoms with Crippen molar-refractivity contribution in [2.24, 2.45) is 34.0 Å². The van der Waals surface area contributed by atoms with Crippen LogP contribution in [0, 0.1) is 34.0 Å². The fourth-order valence-corrected chi connectivity index (χ4v) is 8.84. The molecule has 6 atom stereocenters. The molecule has 0 radical (unpaired) electrons. The van der Waals surface area contributed by atoms with Gasteiger partial charge < -0.3 is 14.3 Å². The van der Waals surface area contributed by atoms with Crippen molar-refractivity contribution in [3.05, 3.63) is 11.6 Å². The Morgan fingerprint density at radius 3 is 2.35 bits per heavy atom. The SMILES string of the molecule is CC1=CC[C@H]2[C@@](C)(CCC3C(C)(C)CCC[C@@]32C)[C@@H]1C(=O)OC[C@@H](O)CO[Si](C)(C)C(C)(C)C. The van der Waals surface area contributed by atoms with Crippen molar-refractivity contribution >= 4 is 14.3 Å². The van der Waals surface area contributed by atoms with E-state index < -0.39 is 14.4 Å². The van der Waals surface area contributed by atoms with E-state index in [1.165, 1.54) is 25.7 Å². The fraction of sp³-hybridized carbons (Fsp3) is 0.897. The van der Waals surface area contributed by atoms with Gasteiger partial charge in [-0.3, -0.25) is 4.79 Å². The van der Waals surface area contributed by atoms with Crippen LogP contribution in [0.3, 0.4) is 0 Å². The summed E-state index contributed by atoms with van der Waals surface area (Å²) in [7, 11) is -1.95. The Kier molecular flexibility index (Phi) is 7.67. The lowest BCUT2D eigenvalue weighted by Gasteiger charge is -2.64. The predicted molar refractivity (Wildman–Crippen MR) is 142 cm³/mol. The van der Waals surface area contributed by atoms with E-state index in [4.69, 9.17) is 9.16 Å². The molecule has 0 aromatic rings. The summed E-state index contributed by atoms with van der Waals surface area (Å²) in [5, 5.41) is 10.6. The molecule has 1 unspecified atom stereocenters. The zero-order chi connectivity index (χ0) is 25.7. The van der Waals surface area contributed by atoms with Crippen LogP contribution in [-0.4, -0.2) is 38.7 Å². The lowest BCUT2D eigenvalue weighted by Crippen LogP contribution is -2.58. The van der Waals surface area contributed by atoms with Crippen LogP contribution in [0.2, 0.25) is 18.1 Å². The molecular formula is C29H52O4Si. The fourth-order valence-electron chi connectivity index (χ4n) is 7.80. The average Bonchev–Trinajstić information content (AvgIpc) is 2.68. The monoisotopic (exact) mass is 492 g/mol. The highest BCUT2D eigenvalue weighted by Crippen LogP contribution is 2.68. The first-order valence-electron chi connectivity index (χ1n) is 13.6. The van der Waals surface area contributed by atoms with Crippen LogP contribution in [-0.2, 0) is 14.0 Å². The Balaban J connectivity index is 1.70. The predicted octanol–water partition coefficient (Wildman–Crippen LogP) is 7.13. The van der Waals surface area contributed by atoms with Crippen LogP contribution in [0.25, 0.3) is 0 Å². The number of hydrogen-bond acceptors (Lipinski definition) is 4. The van der Waals surface area contributed by atoms with E-state index in [1.54, 1.807) is 0 Å². The molecule has 1 N–H and O–H groups in total. The normalized spacial score (nSPS) is 36.7. The van der Waals surface area contributed by atoms with Gasteiger partial charge in [0.1, 0.15) is 12.7 Å². The minimum absolute atomic E-state index is 0.00487. The maximum atomic E-state index is 13.5. The standard InChI is InChI=1S/C29H52O4Si/c1-20-12-13-23-28(7)16-11-15-27(5,6)22(28)14-17-29(23,8)24(20)25(31)32-18-21(30)19-33-34(9,10)26(2,3)4/h12,21-24,30H,11,13-19H2,1-10H3/t21-,22?,23-,24+,28+,29-/m1/s1. The molecular weight excluding hydrogens is 440 g/mol. The van der Waals surface area contributed by atoms with Gasteiger partial charge in [0.05, 0.1) is 12.5 Å². The van der Waals surface area contributed by atoms with Gasteiger partial charge in [0.15, 0.2) is 8.32 Å². The van der Waals surface area contributed by atoms with E-state index in [9.17, 15) is 9.90 Å². The molecule has 34 heavy (non-hydrogen) atoms. The van der Waals surface area contributed by atoms with Crippen molar-refractivity contribution in [3.8, 4) is 0 Å². The zero-order valence-electron chi connectivity index (χ0n) is 23.7. The summed E-state index contributed by atoms with van der Waals surface area (Å²) in [5.74, 6) is 0.822. The molecule has 2 saturated carbocycles. The first-order valence-corrected chi connectivity index (χ1v) is 16.5. The Hall–Kier alpha value is -0.653. The summed E-state index contributed by atoms with van der Waals surface area (Å²) >= 11 is 0. The molecule has 0 bridgehead atoms. The van der Waals surface area contributed by atoms with Crippen molar-refractivity contribution in [2.75, 3.05) is 13.2 Å². The van der Waals surface area contributed by atoms with Crippen LogP contribution in [0.4, 0.5) is 0 Å². The van der Waals surface area contributed by atoms with Gasteiger partial charge >= 0.3 is 5.97 Å². The lowest BCUT2D eigenvalue weighted by atomic mass is 9.40. The third kappa shape index (κ3) is 4.95. The molecule has 3 aliphatic rings. The molecule has 196 valence electrons. The number of aliphatic hydroxyl groups excluding tert-OH is 1. The Morgan fingerprint density at radius 2 is 1.74 bits per heavy atom. The number of carbonyl (C=O) groups is 1. The number of hydrogen-bond donors (Lipinski definition) is 1. The van der Waals surface area contributed by atoms with Gasteiger partial charge in [0, 0.05) is 0 Å². The summed E-state index contributed by atoms with van der Waals surface area (Å²) in [5.41, 5.74) is 1.69. The number of allylic oxidation sites excluding steroid dienone is 1. The van der Waals surface area contributed by atoms with E-state index in [2.05, 4.69) is 74.6 Å². The van der Waals surface area contributed by atoms with Gasteiger partial charge in [-0.1, -0.05) is 66.5 Å². The minimum atomic E-state index is -1.95. The molecule has 0 amide bonds. The van der Waals surface area contributed by atoms with Gasteiger partial charge in [0.2, 0.25) is 0 Å². The highest BCUT2D eigenvalue weighted by Gasteiger charge is 2.62. The van der Waals surface area contributed by atoms with Crippen LogP contribution >= 0.6 is 0 Å². The number of ether oxygens (including phenoxy) is 1. The molecule has 0 saturated heterocycles. The molecule has 3 aliphatic carbocycles. The van der Waals surface area contributed by atoms with Crippen LogP contribution in [0.1, 0.15) is 93.9 Å². The third-order valence-corrected chi connectivity index (χ3v) is 15.2. The van der Waals surface area contributed by atoms with E-state index in [1.807, 2.05) is 0 Å². The van der Waals surface area contributed by atoms with E-state index >= 15 is 0 Å². The van der Waals surface area contributed by atoms with E-state index in [0.29, 0.717) is 17.3 Å². The smallest absolute Gasteiger partial charge is 0.313 e. The second-order valence-electron chi connectivity index (χ2n) is 14.5. The summed E-state index contributed by atoms with van der Waals surface area (Å²) < 4.78 is 11.9. The van der Waals surface area contributed by atoms with Crippen LogP contribution < -0.4 is 0 Å². The van der Waals surface area contributed by atoms with Gasteiger partial charge in [0.25, 0.3) is 0 Å². The summed E-state index contributed by atoms with van der Waals surface area (Å²) in [6, 6.07) is 0. The molecule has 2 fully saturated rings. The molecule has 0 aliphatic heterocycles. The molecule has 0 spiro atoms. The van der Waals surface area contributed by atoms with Gasteiger partial charge in [-0.2, -0.15) is 0 Å². The van der Waals surface area contributed by atoms with Crippen molar-refractivity contribution in [1.82, 2.24) is 0 Å². The first-order chi connectivity index (χ1) is 15.5. The van der Waals surface area contributed by atoms with Gasteiger partial charge in [-0.25, -0.2) is 0 Å². The van der Waals surface area contributed by atoms with Crippen molar-refractivity contribution in [3.63, 3.8) is 0 Å². The van der Waals surface area contributed by atoms with Crippen LogP contribution in [0.15, 0.2) is 11.6 Å². The molecule has 4 nitrogen and oxygen atoms in total. The highest BCUT2D eigenvalue weighted by atomic mass is 28.4. The molecule has 0 heterocycles. The molecule has 0 aromatic heterocycles. The first kappa shape index (κ1) is 27.9. The number of rotatable bonds is 6. The number of carbonyl (C=O) groups excluding carboxylic acids is 1. The third-order valence-electron chi connectivity index (χ3n) is 10.7. The van der Waals surface area contributed by atoms with Gasteiger partial charge in [-0.05, 0) is 85.2 Å². The van der Waals surface area contributed by atoms with Crippen molar-refractivity contribution in [1.29, 1.82) is 0 Å². The minimum Gasteiger partial charge on any atom is -0.462 e. The quantitative estimate of drug-likeness (QED) is 0.243. The van der Waals surface area contributed by atoms with E-state index in [0.717, 1.165) is 18.4 Å². The topological polar surface area (TPSA) is 55.8 Å². The van der Waals surface area contributed by atoms with Crippen molar-refractivity contribution in [2.45, 2.75) is 118 Å². The Bertz CT molecular complexity index is 794. The maximum absolute atomic E-state index is 13.5. The maximum Gasteiger partial charge on any atom is 0.313 e. The number of esters is 1. The summed E-state index contributed by atoms with van der Waals surface area (Å²) in [6.45, 7) is 23.0. The Morgan fingerprint density at radius 1 is 1.09 bits per heavy atom. The van der Waals surface area contributed by atoms with Crippen LogP contribution in [0.5, 0.6) is 0 Å². The zero-order valence-corrected chi connectivity index (χ0v) is 24.7. The molecule has 0 aromatic carbocycles. The Labute approximate surface area is 210 Å². The molecule has 5 heteroatoms. The number of fused-ring (bicyclic) bond motifs is 3.